The largest absolute Gasteiger partial charge is 0.483 e. The van der Waals surface area contributed by atoms with Gasteiger partial charge in [0.15, 0.2) is 12.4 Å². The van der Waals surface area contributed by atoms with Crippen molar-refractivity contribution in [3.05, 3.63) is 51.9 Å². The van der Waals surface area contributed by atoms with E-state index in [1.165, 1.54) is 13.0 Å². The molecule has 1 fully saturated rings. The Bertz CT molecular complexity index is 1180. The third kappa shape index (κ3) is 8.00. The molecule has 1 aliphatic heterocycles. The number of ketones is 1. The minimum Gasteiger partial charge on any atom is -0.483 e. The monoisotopic (exact) mass is 554 g/mol. The van der Waals surface area contributed by atoms with Crippen LogP contribution in [0.25, 0.3) is 5.70 Å². The van der Waals surface area contributed by atoms with Gasteiger partial charge in [-0.1, -0.05) is 18.3 Å². The zero-order valence-electron chi connectivity index (χ0n) is 21.1. The standard InChI is InChI=1S/C25H33F3N6O3S/c1-15(18(35)5-8-29)23(30)22-20(37-14-25(26,27)28)12-21(33-24(22)38)34-10-6-16(7-11-34)32-13-19(36)17-4-2-3-9-31-17/h2-4,9,12,16,19,32,36H,5-8,10-11,13-14,29-30H2,1H3,(H,33,38)/b23-15-. The molecule has 0 saturated carbocycles. The van der Waals surface area contributed by atoms with E-state index < -0.39 is 18.9 Å². The molecule has 0 aromatic carbocycles. The number of nitrogens with one attached hydrogen (secondary N) is 2. The van der Waals surface area contributed by atoms with E-state index in [-0.39, 0.29) is 52.0 Å². The lowest BCUT2D eigenvalue weighted by Gasteiger charge is -2.34. The quantitative estimate of drug-likeness (QED) is 0.209. The Hall–Kier alpha value is -3.00. The van der Waals surface area contributed by atoms with Crippen molar-refractivity contribution >= 4 is 29.5 Å². The van der Waals surface area contributed by atoms with Crippen LogP contribution in [0.4, 0.5) is 19.0 Å². The zero-order chi connectivity index (χ0) is 27.9. The molecule has 0 spiro atoms. The molecule has 38 heavy (non-hydrogen) atoms. The molecule has 0 amide bonds. The number of carbonyl (C=O) groups excluding carboxylic acids is 1. The first kappa shape index (κ1) is 29.6. The van der Waals surface area contributed by atoms with Crippen molar-refractivity contribution in [2.24, 2.45) is 11.5 Å². The van der Waals surface area contributed by atoms with Crippen LogP contribution in [0.15, 0.2) is 36.0 Å². The van der Waals surface area contributed by atoms with Crippen LogP contribution in [0.5, 0.6) is 5.75 Å². The van der Waals surface area contributed by atoms with Crippen LogP contribution in [0.2, 0.25) is 0 Å². The summed E-state index contributed by atoms with van der Waals surface area (Å²) in [5.74, 6) is 0.00632. The molecular weight excluding hydrogens is 521 g/mol. The van der Waals surface area contributed by atoms with Crippen LogP contribution >= 0.6 is 12.2 Å². The first-order chi connectivity index (χ1) is 18.0. The molecule has 9 nitrogen and oxygen atoms in total. The normalized spacial score (nSPS) is 16.2. The first-order valence-corrected chi connectivity index (χ1v) is 12.6. The number of anilines is 1. The molecule has 2 aromatic heterocycles. The summed E-state index contributed by atoms with van der Waals surface area (Å²) in [5, 5.41) is 13.7. The molecule has 0 radical (unpaired) electrons. The van der Waals surface area contributed by atoms with Crippen molar-refractivity contribution in [2.75, 3.05) is 37.7 Å². The number of halogens is 3. The highest BCUT2D eigenvalue weighted by molar-refractivity contribution is 7.71. The SMILES string of the molecule is C/C(C(=O)CCN)=C(/N)c1c(OCC(F)(F)F)cc(N2CCC(NCC(O)c3ccccn3)CC2)[nH]c1=S. The van der Waals surface area contributed by atoms with Crippen molar-refractivity contribution in [3.63, 3.8) is 0 Å². The molecule has 7 N–H and O–H groups in total. The van der Waals surface area contributed by atoms with Gasteiger partial charge in [0.2, 0.25) is 0 Å². The number of pyridine rings is 2. The van der Waals surface area contributed by atoms with Crippen LogP contribution in [0.3, 0.4) is 0 Å². The second-order valence-corrected chi connectivity index (χ2v) is 9.48. The molecule has 1 aliphatic rings. The number of carbonyl (C=O) groups is 1. The lowest BCUT2D eigenvalue weighted by atomic mass is 10.0. The minimum atomic E-state index is -4.58. The average Bonchev–Trinajstić information content (AvgIpc) is 2.90. The fraction of sp³-hybridized carbons (Fsp3) is 0.480. The van der Waals surface area contributed by atoms with Gasteiger partial charge in [-0.05, 0) is 38.4 Å². The number of ether oxygens (including phenoxy) is 1. The summed E-state index contributed by atoms with van der Waals surface area (Å²) in [6.07, 6.45) is -2.19. The Balaban J connectivity index is 1.75. The average molecular weight is 555 g/mol. The summed E-state index contributed by atoms with van der Waals surface area (Å²) in [5.41, 5.74) is 12.4. The van der Waals surface area contributed by atoms with Crippen LogP contribution in [0, 0.1) is 4.64 Å². The van der Waals surface area contributed by atoms with Crippen LogP contribution in [-0.4, -0.2) is 65.9 Å². The molecule has 1 atom stereocenters. The third-order valence-corrected chi connectivity index (χ3v) is 6.61. The van der Waals surface area contributed by atoms with E-state index in [0.29, 0.717) is 31.1 Å². The first-order valence-electron chi connectivity index (χ1n) is 12.2. The number of nitrogens with two attached hydrogens (primary N) is 2. The highest BCUT2D eigenvalue weighted by Crippen LogP contribution is 2.32. The number of alkyl halides is 3. The minimum absolute atomic E-state index is 0.0379. The maximum Gasteiger partial charge on any atom is 0.422 e. The van der Waals surface area contributed by atoms with Crippen LogP contribution in [-0.2, 0) is 4.79 Å². The predicted molar refractivity (Wildman–Crippen MR) is 141 cm³/mol. The van der Waals surface area contributed by atoms with Crippen molar-refractivity contribution in [1.29, 1.82) is 0 Å². The molecular formula is C25H33F3N6O3S. The lowest BCUT2D eigenvalue weighted by Crippen LogP contribution is -2.44. The fourth-order valence-electron chi connectivity index (χ4n) is 4.16. The molecule has 3 rings (SSSR count). The van der Waals surface area contributed by atoms with Gasteiger partial charge >= 0.3 is 6.18 Å². The van der Waals surface area contributed by atoms with Gasteiger partial charge in [-0.15, -0.1) is 0 Å². The maximum absolute atomic E-state index is 13.0. The summed E-state index contributed by atoms with van der Waals surface area (Å²) in [4.78, 5) is 21.5. The molecule has 0 bridgehead atoms. The van der Waals surface area contributed by atoms with Crippen molar-refractivity contribution in [2.45, 2.75) is 44.5 Å². The molecule has 2 aromatic rings. The van der Waals surface area contributed by atoms with Crippen molar-refractivity contribution < 1.29 is 27.8 Å². The highest BCUT2D eigenvalue weighted by atomic mass is 32.1. The van der Waals surface area contributed by atoms with Gasteiger partial charge in [-0.2, -0.15) is 13.2 Å². The molecule has 1 unspecified atom stereocenters. The van der Waals surface area contributed by atoms with Gasteiger partial charge in [0.25, 0.3) is 0 Å². The number of hydrogen-bond acceptors (Lipinski definition) is 9. The Kier molecular flexibility index (Phi) is 10.3. The second-order valence-electron chi connectivity index (χ2n) is 9.07. The van der Waals surface area contributed by atoms with Gasteiger partial charge in [0.05, 0.1) is 17.0 Å². The third-order valence-electron chi connectivity index (χ3n) is 6.30. The Morgan fingerprint density at radius 2 is 2.08 bits per heavy atom. The summed E-state index contributed by atoms with van der Waals surface area (Å²) < 4.78 is 44.1. The second kappa shape index (κ2) is 13.2. The number of aromatic nitrogens is 2. The number of nitrogens with zero attached hydrogens (tertiary/aromatic N) is 2. The summed E-state index contributed by atoms with van der Waals surface area (Å²) in [7, 11) is 0. The number of H-pyrrole nitrogens is 1. The number of aliphatic hydroxyl groups excluding tert-OH is 1. The zero-order valence-corrected chi connectivity index (χ0v) is 21.9. The Morgan fingerprint density at radius 3 is 2.68 bits per heavy atom. The van der Waals surface area contributed by atoms with Crippen molar-refractivity contribution in [1.82, 2.24) is 15.3 Å². The van der Waals surface area contributed by atoms with E-state index in [9.17, 15) is 23.1 Å². The number of aliphatic hydroxyl groups is 1. The van der Waals surface area contributed by atoms with Gasteiger partial charge in [-0.25, -0.2) is 0 Å². The van der Waals surface area contributed by atoms with Gasteiger partial charge in [0.1, 0.15) is 22.3 Å². The van der Waals surface area contributed by atoms with E-state index in [0.717, 1.165) is 12.8 Å². The summed E-state index contributed by atoms with van der Waals surface area (Å²) in [6, 6.07) is 6.93. The van der Waals surface area contributed by atoms with Crippen molar-refractivity contribution in [3.8, 4) is 5.75 Å². The fourth-order valence-corrected chi connectivity index (χ4v) is 4.47. The van der Waals surface area contributed by atoms with E-state index >= 15 is 0 Å². The number of hydrogen-bond donors (Lipinski definition) is 5. The van der Waals surface area contributed by atoms with Gasteiger partial charge in [0, 0.05) is 49.9 Å². The molecule has 1 saturated heterocycles. The lowest BCUT2D eigenvalue weighted by molar-refractivity contribution is -0.153. The van der Waals surface area contributed by atoms with E-state index in [1.807, 2.05) is 11.0 Å². The van der Waals surface area contributed by atoms with E-state index in [1.54, 1.807) is 18.3 Å². The number of aromatic amines is 1. The van der Waals surface area contributed by atoms with Crippen LogP contribution < -0.4 is 26.4 Å². The summed E-state index contributed by atoms with van der Waals surface area (Å²) in [6.45, 7) is 1.57. The highest BCUT2D eigenvalue weighted by Gasteiger charge is 2.30. The van der Waals surface area contributed by atoms with Gasteiger partial charge in [-0.3, -0.25) is 9.78 Å². The van der Waals surface area contributed by atoms with Gasteiger partial charge < -0.3 is 36.5 Å². The van der Waals surface area contributed by atoms with Crippen LogP contribution in [0.1, 0.15) is 43.5 Å². The molecule has 0 aliphatic carbocycles. The number of allylic oxidation sites excluding steroid dienone is 1. The van der Waals surface area contributed by atoms with E-state index in [2.05, 4.69) is 15.3 Å². The smallest absolute Gasteiger partial charge is 0.422 e. The number of piperidine rings is 1. The number of Topliss-reactive ketones (excluding diaryl/α,β-unsaturated/α-hetero) is 1. The Labute approximate surface area is 224 Å². The number of rotatable bonds is 11. The maximum atomic E-state index is 13.0. The summed E-state index contributed by atoms with van der Waals surface area (Å²) >= 11 is 5.45. The molecule has 13 heteroatoms. The Morgan fingerprint density at radius 1 is 1.37 bits per heavy atom. The topological polar surface area (TPSA) is 143 Å². The molecule has 208 valence electrons. The predicted octanol–water partition coefficient (Wildman–Crippen LogP) is 2.98. The molecule has 3 heterocycles. The van der Waals surface area contributed by atoms with E-state index in [4.69, 9.17) is 28.4 Å².